The normalized spacial score (nSPS) is 11.3. The molecule has 6 heteroatoms. The van der Waals surface area contributed by atoms with Gasteiger partial charge in [-0.3, -0.25) is 10.1 Å². The summed E-state index contributed by atoms with van der Waals surface area (Å²) in [5, 5.41) is 20.4. The zero-order chi connectivity index (χ0) is 17.1. The fourth-order valence-electron chi connectivity index (χ4n) is 2.30. The topological polar surface area (TPSA) is 80.4 Å². The number of rotatable bonds is 4. The maximum atomic E-state index is 11.6. The predicted octanol–water partition coefficient (Wildman–Crippen LogP) is 4.49. The Morgan fingerprint density at radius 3 is 2.48 bits per heavy atom. The van der Waals surface area contributed by atoms with Gasteiger partial charge in [0.25, 0.3) is 5.69 Å². The Kier molecular flexibility index (Phi) is 4.81. The lowest BCUT2D eigenvalue weighted by molar-refractivity contribution is -0.384. The lowest BCUT2D eigenvalue weighted by Gasteiger charge is -2.08. The summed E-state index contributed by atoms with van der Waals surface area (Å²) in [6.07, 6.45) is 1.41. The number of aryl methyl sites for hydroxylation is 2. The third kappa shape index (κ3) is 3.76. The lowest BCUT2D eigenvalue weighted by atomic mass is 9.97. The molecule has 2 aromatic rings. The molecule has 0 bridgehead atoms. The minimum atomic E-state index is -1.10. The first kappa shape index (κ1) is 16.7. The summed E-state index contributed by atoms with van der Waals surface area (Å²) >= 11 is 5.77. The van der Waals surface area contributed by atoms with Crippen LogP contribution in [0.25, 0.3) is 11.6 Å². The SMILES string of the molecule is Cc1ccc(/C(=C/c2ccc(Cl)c([N+](=O)[O-])c2)C(=O)O)c(C)c1. The molecule has 0 unspecified atom stereocenters. The van der Waals surface area contributed by atoms with E-state index in [9.17, 15) is 20.0 Å². The average molecular weight is 332 g/mol. The number of carboxylic acid groups (broad SMARTS) is 1. The van der Waals surface area contributed by atoms with Gasteiger partial charge in [-0.2, -0.15) is 0 Å². The first-order valence-electron chi connectivity index (χ1n) is 6.76. The molecule has 0 amide bonds. The Hall–Kier alpha value is -2.66. The standard InChI is InChI=1S/C17H14ClNO4/c1-10-3-5-13(11(2)7-10)14(17(20)21)8-12-4-6-15(18)16(9-12)19(22)23/h3-9H,1-2H3,(H,20,21)/b14-8-. The van der Waals surface area contributed by atoms with E-state index in [1.807, 2.05) is 26.0 Å². The number of nitro benzene ring substituents is 1. The number of carboxylic acids is 1. The molecule has 0 saturated heterocycles. The van der Waals surface area contributed by atoms with E-state index in [0.717, 1.165) is 11.1 Å². The van der Waals surface area contributed by atoms with Crippen molar-refractivity contribution in [3.05, 3.63) is 73.8 Å². The van der Waals surface area contributed by atoms with Gasteiger partial charge in [0, 0.05) is 6.07 Å². The van der Waals surface area contributed by atoms with Crippen molar-refractivity contribution in [2.24, 2.45) is 0 Å². The first-order valence-corrected chi connectivity index (χ1v) is 7.14. The van der Waals surface area contributed by atoms with E-state index in [2.05, 4.69) is 0 Å². The highest BCUT2D eigenvalue weighted by atomic mass is 35.5. The Balaban J connectivity index is 2.58. The molecule has 0 heterocycles. The van der Waals surface area contributed by atoms with Crippen molar-refractivity contribution < 1.29 is 14.8 Å². The van der Waals surface area contributed by atoms with Gasteiger partial charge in [-0.25, -0.2) is 4.79 Å². The summed E-state index contributed by atoms with van der Waals surface area (Å²) in [4.78, 5) is 21.9. The van der Waals surface area contributed by atoms with Crippen LogP contribution >= 0.6 is 11.6 Å². The molecule has 0 fully saturated rings. The van der Waals surface area contributed by atoms with Crippen LogP contribution in [0.3, 0.4) is 0 Å². The molecule has 2 rings (SSSR count). The molecule has 0 atom stereocenters. The molecule has 2 aromatic carbocycles. The highest BCUT2D eigenvalue weighted by Crippen LogP contribution is 2.28. The molecule has 5 nitrogen and oxygen atoms in total. The molecular weight excluding hydrogens is 318 g/mol. The van der Waals surface area contributed by atoms with E-state index >= 15 is 0 Å². The Morgan fingerprint density at radius 1 is 1.22 bits per heavy atom. The minimum Gasteiger partial charge on any atom is -0.478 e. The smallest absolute Gasteiger partial charge is 0.336 e. The van der Waals surface area contributed by atoms with E-state index in [4.69, 9.17) is 11.6 Å². The van der Waals surface area contributed by atoms with Gasteiger partial charge in [0.15, 0.2) is 0 Å². The molecule has 0 radical (unpaired) electrons. The molecule has 118 valence electrons. The quantitative estimate of drug-likeness (QED) is 0.387. The fourth-order valence-corrected chi connectivity index (χ4v) is 2.48. The first-order chi connectivity index (χ1) is 10.8. The van der Waals surface area contributed by atoms with Crippen LogP contribution < -0.4 is 0 Å². The molecule has 0 aliphatic rings. The summed E-state index contributed by atoms with van der Waals surface area (Å²) < 4.78 is 0. The second kappa shape index (κ2) is 6.62. The van der Waals surface area contributed by atoms with Crippen LogP contribution in [-0.2, 0) is 4.79 Å². The molecule has 0 aliphatic heterocycles. The summed E-state index contributed by atoms with van der Waals surface area (Å²) in [7, 11) is 0. The van der Waals surface area contributed by atoms with Crippen LogP contribution in [-0.4, -0.2) is 16.0 Å². The van der Waals surface area contributed by atoms with Crippen LogP contribution in [0.5, 0.6) is 0 Å². The zero-order valence-electron chi connectivity index (χ0n) is 12.5. The van der Waals surface area contributed by atoms with E-state index < -0.39 is 10.9 Å². The van der Waals surface area contributed by atoms with E-state index in [1.165, 1.54) is 18.2 Å². The maximum Gasteiger partial charge on any atom is 0.336 e. The second-order valence-electron chi connectivity index (χ2n) is 5.15. The molecule has 0 aromatic heterocycles. The van der Waals surface area contributed by atoms with Crippen LogP contribution in [0.1, 0.15) is 22.3 Å². The number of benzene rings is 2. The van der Waals surface area contributed by atoms with E-state index in [0.29, 0.717) is 11.1 Å². The average Bonchev–Trinajstić information content (AvgIpc) is 2.46. The van der Waals surface area contributed by atoms with Crippen molar-refractivity contribution >= 4 is 34.9 Å². The van der Waals surface area contributed by atoms with Crippen molar-refractivity contribution in [2.75, 3.05) is 0 Å². The predicted molar refractivity (Wildman–Crippen MR) is 89.5 cm³/mol. The highest BCUT2D eigenvalue weighted by Gasteiger charge is 2.16. The van der Waals surface area contributed by atoms with Crippen LogP contribution in [0.2, 0.25) is 5.02 Å². The molecule has 1 N–H and O–H groups in total. The van der Waals surface area contributed by atoms with E-state index in [1.54, 1.807) is 12.1 Å². The monoisotopic (exact) mass is 331 g/mol. The summed E-state index contributed by atoms with van der Waals surface area (Å²) in [6, 6.07) is 9.62. The minimum absolute atomic E-state index is 0.00976. The lowest BCUT2D eigenvalue weighted by Crippen LogP contribution is -2.02. The van der Waals surface area contributed by atoms with Crippen molar-refractivity contribution in [3.63, 3.8) is 0 Å². The molecule has 0 aliphatic carbocycles. The van der Waals surface area contributed by atoms with Gasteiger partial charge in [-0.1, -0.05) is 41.4 Å². The number of nitrogens with zero attached hydrogens (tertiary/aromatic N) is 1. The maximum absolute atomic E-state index is 11.6. The second-order valence-corrected chi connectivity index (χ2v) is 5.56. The fraction of sp³-hybridized carbons (Fsp3) is 0.118. The number of nitro groups is 1. The number of hydrogen-bond acceptors (Lipinski definition) is 3. The zero-order valence-corrected chi connectivity index (χ0v) is 13.3. The van der Waals surface area contributed by atoms with Gasteiger partial charge in [-0.15, -0.1) is 0 Å². The summed E-state index contributed by atoms with van der Waals surface area (Å²) in [5.41, 5.74) is 2.63. The van der Waals surface area contributed by atoms with Gasteiger partial charge in [0.2, 0.25) is 0 Å². The molecule has 23 heavy (non-hydrogen) atoms. The van der Waals surface area contributed by atoms with Gasteiger partial charge >= 0.3 is 5.97 Å². The van der Waals surface area contributed by atoms with Crippen LogP contribution in [0.4, 0.5) is 5.69 Å². The number of hydrogen-bond donors (Lipinski definition) is 1. The third-order valence-electron chi connectivity index (χ3n) is 3.38. The van der Waals surface area contributed by atoms with E-state index in [-0.39, 0.29) is 16.3 Å². The van der Waals surface area contributed by atoms with Gasteiger partial charge < -0.3 is 5.11 Å². The van der Waals surface area contributed by atoms with Crippen molar-refractivity contribution in [1.82, 2.24) is 0 Å². The molecular formula is C17H14ClNO4. The van der Waals surface area contributed by atoms with Crippen molar-refractivity contribution in [3.8, 4) is 0 Å². The summed E-state index contributed by atoms with van der Waals surface area (Å²) in [5.74, 6) is -1.10. The van der Waals surface area contributed by atoms with Gasteiger partial charge in [0.05, 0.1) is 10.5 Å². The van der Waals surface area contributed by atoms with Crippen LogP contribution in [0.15, 0.2) is 36.4 Å². The van der Waals surface area contributed by atoms with Crippen molar-refractivity contribution in [2.45, 2.75) is 13.8 Å². The molecule has 0 spiro atoms. The Labute approximate surface area is 138 Å². The Bertz CT molecular complexity index is 827. The van der Waals surface area contributed by atoms with Gasteiger partial charge in [0.1, 0.15) is 5.02 Å². The Morgan fingerprint density at radius 2 is 1.91 bits per heavy atom. The van der Waals surface area contributed by atoms with Crippen LogP contribution in [0, 0.1) is 24.0 Å². The number of carbonyl (C=O) groups is 1. The van der Waals surface area contributed by atoms with Gasteiger partial charge in [-0.05, 0) is 42.7 Å². The number of halogens is 1. The number of aliphatic carboxylic acids is 1. The highest BCUT2D eigenvalue weighted by molar-refractivity contribution is 6.32. The summed E-state index contributed by atoms with van der Waals surface area (Å²) in [6.45, 7) is 3.74. The largest absolute Gasteiger partial charge is 0.478 e. The molecule has 0 saturated carbocycles. The third-order valence-corrected chi connectivity index (χ3v) is 3.70. The van der Waals surface area contributed by atoms with Crippen molar-refractivity contribution in [1.29, 1.82) is 0 Å².